The van der Waals surface area contributed by atoms with Crippen LogP contribution in [0.2, 0.25) is 0 Å². The summed E-state index contributed by atoms with van der Waals surface area (Å²) in [4.78, 5) is 16.3. The van der Waals surface area contributed by atoms with E-state index in [1.165, 1.54) is 5.69 Å². The van der Waals surface area contributed by atoms with Crippen molar-refractivity contribution in [2.75, 3.05) is 49.5 Å². The molecule has 2 aromatic carbocycles. The molecule has 0 spiro atoms. The predicted molar refractivity (Wildman–Crippen MR) is 113 cm³/mol. The molecule has 29 heavy (non-hydrogen) atoms. The van der Waals surface area contributed by atoms with Gasteiger partial charge in [0.15, 0.2) is 0 Å². The molecule has 2 aliphatic rings. The molecule has 0 aromatic heterocycles. The lowest BCUT2D eigenvalue weighted by atomic mass is 10.0. The standard InChI is InChI=1S/C23H26N4O2/c24-17-18-2-5-20(6-3-18)27-13-11-26(12-14-27)10-1-15-29-21-7-8-22-19(16-21)4-9-23(28)25-22/h2-3,5-8,16H,1,4,9-15H2,(H,25,28). The Balaban J connectivity index is 1.17. The Morgan fingerprint density at radius 2 is 1.83 bits per heavy atom. The van der Waals surface area contributed by atoms with E-state index >= 15 is 0 Å². The maximum atomic E-state index is 11.4. The summed E-state index contributed by atoms with van der Waals surface area (Å²) in [5, 5.41) is 11.8. The molecule has 1 N–H and O–H groups in total. The highest BCUT2D eigenvalue weighted by Gasteiger charge is 2.17. The Bertz CT molecular complexity index is 896. The van der Waals surface area contributed by atoms with Crippen LogP contribution in [0.5, 0.6) is 5.75 Å². The van der Waals surface area contributed by atoms with Crippen LogP contribution < -0.4 is 15.0 Å². The van der Waals surface area contributed by atoms with Gasteiger partial charge in [-0.3, -0.25) is 9.69 Å². The van der Waals surface area contributed by atoms with E-state index < -0.39 is 0 Å². The van der Waals surface area contributed by atoms with Gasteiger partial charge in [-0.2, -0.15) is 5.26 Å². The van der Waals surface area contributed by atoms with Crippen molar-refractivity contribution in [2.24, 2.45) is 0 Å². The number of piperazine rings is 1. The van der Waals surface area contributed by atoms with E-state index in [0.29, 0.717) is 18.6 Å². The topological polar surface area (TPSA) is 68.6 Å². The Morgan fingerprint density at radius 1 is 1.03 bits per heavy atom. The molecular weight excluding hydrogens is 364 g/mol. The second-order valence-corrected chi connectivity index (χ2v) is 7.56. The van der Waals surface area contributed by atoms with E-state index in [1.54, 1.807) is 0 Å². The molecule has 1 saturated heterocycles. The second-order valence-electron chi connectivity index (χ2n) is 7.56. The van der Waals surface area contributed by atoms with E-state index in [2.05, 4.69) is 21.2 Å². The number of hydrogen-bond acceptors (Lipinski definition) is 5. The minimum absolute atomic E-state index is 0.0884. The van der Waals surface area contributed by atoms with E-state index in [0.717, 1.165) is 62.6 Å². The molecule has 0 unspecified atom stereocenters. The third kappa shape index (κ3) is 4.87. The molecule has 0 radical (unpaired) electrons. The highest BCUT2D eigenvalue weighted by Crippen LogP contribution is 2.26. The van der Waals surface area contributed by atoms with Gasteiger partial charge in [-0.05, 0) is 60.9 Å². The lowest BCUT2D eigenvalue weighted by Gasteiger charge is -2.36. The van der Waals surface area contributed by atoms with Crippen molar-refractivity contribution in [1.82, 2.24) is 4.90 Å². The smallest absolute Gasteiger partial charge is 0.224 e. The summed E-state index contributed by atoms with van der Waals surface area (Å²) in [5.74, 6) is 0.969. The monoisotopic (exact) mass is 390 g/mol. The van der Waals surface area contributed by atoms with E-state index in [-0.39, 0.29) is 5.91 Å². The van der Waals surface area contributed by atoms with Crippen LogP contribution in [0.3, 0.4) is 0 Å². The van der Waals surface area contributed by atoms with Gasteiger partial charge in [0, 0.05) is 50.5 Å². The van der Waals surface area contributed by atoms with Crippen LogP contribution in [0.4, 0.5) is 11.4 Å². The van der Waals surface area contributed by atoms with Gasteiger partial charge >= 0.3 is 0 Å². The fourth-order valence-corrected chi connectivity index (χ4v) is 3.90. The zero-order valence-corrected chi connectivity index (χ0v) is 16.6. The molecule has 0 bridgehead atoms. The van der Waals surface area contributed by atoms with Crippen LogP contribution in [0, 0.1) is 11.3 Å². The molecule has 6 nitrogen and oxygen atoms in total. The first-order chi connectivity index (χ1) is 14.2. The van der Waals surface area contributed by atoms with Gasteiger partial charge < -0.3 is 15.0 Å². The van der Waals surface area contributed by atoms with Gasteiger partial charge in [-0.25, -0.2) is 0 Å². The van der Waals surface area contributed by atoms with E-state index in [4.69, 9.17) is 10.00 Å². The first-order valence-electron chi connectivity index (χ1n) is 10.2. The van der Waals surface area contributed by atoms with Crippen LogP contribution in [-0.4, -0.2) is 50.1 Å². The Hall–Kier alpha value is -3.04. The van der Waals surface area contributed by atoms with Crippen molar-refractivity contribution in [3.63, 3.8) is 0 Å². The normalized spacial score (nSPS) is 16.7. The van der Waals surface area contributed by atoms with Gasteiger partial charge in [0.2, 0.25) is 5.91 Å². The number of nitrogens with zero attached hydrogens (tertiary/aromatic N) is 3. The number of hydrogen-bond donors (Lipinski definition) is 1. The van der Waals surface area contributed by atoms with Crippen LogP contribution >= 0.6 is 0 Å². The van der Waals surface area contributed by atoms with Crippen molar-refractivity contribution in [2.45, 2.75) is 19.3 Å². The van der Waals surface area contributed by atoms with Crippen molar-refractivity contribution in [1.29, 1.82) is 5.26 Å². The summed E-state index contributed by atoms with van der Waals surface area (Å²) in [6, 6.07) is 15.9. The fraction of sp³-hybridized carbons (Fsp3) is 0.391. The number of nitrogens with one attached hydrogen (secondary N) is 1. The van der Waals surface area contributed by atoms with Crippen LogP contribution in [0.15, 0.2) is 42.5 Å². The van der Waals surface area contributed by atoms with Crippen LogP contribution in [0.1, 0.15) is 24.0 Å². The molecule has 2 heterocycles. The van der Waals surface area contributed by atoms with Gasteiger partial charge in [0.05, 0.1) is 18.2 Å². The maximum absolute atomic E-state index is 11.4. The quantitative estimate of drug-likeness (QED) is 0.768. The number of fused-ring (bicyclic) bond motifs is 1. The molecule has 4 rings (SSSR count). The average Bonchev–Trinajstić information content (AvgIpc) is 2.77. The number of benzene rings is 2. The highest BCUT2D eigenvalue weighted by atomic mass is 16.5. The molecular formula is C23H26N4O2. The molecule has 0 saturated carbocycles. The van der Waals surface area contributed by atoms with Gasteiger partial charge in [0.25, 0.3) is 0 Å². The zero-order chi connectivity index (χ0) is 20.1. The van der Waals surface area contributed by atoms with E-state index in [1.807, 2.05) is 42.5 Å². The first-order valence-corrected chi connectivity index (χ1v) is 10.2. The van der Waals surface area contributed by atoms with Crippen LogP contribution in [0.25, 0.3) is 0 Å². The second kappa shape index (κ2) is 8.97. The Kier molecular flexibility index (Phi) is 5.97. The molecule has 2 aromatic rings. The zero-order valence-electron chi connectivity index (χ0n) is 16.6. The number of carbonyl (C=O) groups excluding carboxylic acids is 1. The lowest BCUT2D eigenvalue weighted by molar-refractivity contribution is -0.116. The van der Waals surface area contributed by atoms with Gasteiger partial charge in [0.1, 0.15) is 5.75 Å². The van der Waals surface area contributed by atoms with Gasteiger partial charge in [-0.15, -0.1) is 0 Å². The molecule has 1 amide bonds. The predicted octanol–water partition coefficient (Wildman–Crippen LogP) is 3.03. The summed E-state index contributed by atoms with van der Waals surface area (Å²) in [6.07, 6.45) is 2.32. The number of anilines is 2. The fourth-order valence-electron chi connectivity index (χ4n) is 3.90. The third-order valence-electron chi connectivity index (χ3n) is 5.59. The summed E-state index contributed by atoms with van der Waals surface area (Å²) in [6.45, 7) is 5.81. The van der Waals surface area contributed by atoms with Crippen molar-refractivity contribution in [3.05, 3.63) is 53.6 Å². The van der Waals surface area contributed by atoms with E-state index in [9.17, 15) is 4.79 Å². The largest absolute Gasteiger partial charge is 0.494 e. The average molecular weight is 390 g/mol. The van der Waals surface area contributed by atoms with Crippen molar-refractivity contribution in [3.8, 4) is 11.8 Å². The van der Waals surface area contributed by atoms with Crippen molar-refractivity contribution >= 4 is 17.3 Å². The molecule has 0 aliphatic carbocycles. The minimum Gasteiger partial charge on any atom is -0.494 e. The number of nitriles is 1. The SMILES string of the molecule is N#Cc1ccc(N2CCN(CCCOc3ccc4c(c3)CCC(=O)N4)CC2)cc1. The number of carbonyl (C=O) groups is 1. The molecule has 1 fully saturated rings. The summed E-state index contributed by atoms with van der Waals surface area (Å²) in [7, 11) is 0. The summed E-state index contributed by atoms with van der Waals surface area (Å²) >= 11 is 0. The number of amides is 1. The Labute approximate surface area is 171 Å². The van der Waals surface area contributed by atoms with Crippen LogP contribution in [-0.2, 0) is 11.2 Å². The minimum atomic E-state index is 0.0884. The van der Waals surface area contributed by atoms with Crippen molar-refractivity contribution < 1.29 is 9.53 Å². The molecule has 2 aliphatic heterocycles. The number of rotatable bonds is 6. The molecule has 150 valence electrons. The summed E-state index contributed by atoms with van der Waals surface area (Å²) in [5.41, 5.74) is 3.96. The number of ether oxygens (including phenoxy) is 1. The summed E-state index contributed by atoms with van der Waals surface area (Å²) < 4.78 is 5.93. The number of aryl methyl sites for hydroxylation is 1. The first kappa shape index (κ1) is 19.3. The Morgan fingerprint density at radius 3 is 2.59 bits per heavy atom. The lowest BCUT2D eigenvalue weighted by Crippen LogP contribution is -2.46. The molecule has 0 atom stereocenters. The third-order valence-corrected chi connectivity index (χ3v) is 5.59. The maximum Gasteiger partial charge on any atom is 0.224 e. The highest BCUT2D eigenvalue weighted by molar-refractivity contribution is 5.94. The molecule has 6 heteroatoms. The van der Waals surface area contributed by atoms with Gasteiger partial charge in [-0.1, -0.05) is 0 Å².